The molecule has 0 bridgehead atoms. The summed E-state index contributed by atoms with van der Waals surface area (Å²) in [6, 6.07) is 5.66. The third-order valence-electron chi connectivity index (χ3n) is 5.68. The summed E-state index contributed by atoms with van der Waals surface area (Å²) in [5.74, 6) is 0.961. The maximum absolute atomic E-state index is 13.0. The molecule has 1 saturated heterocycles. The lowest BCUT2D eigenvalue weighted by Gasteiger charge is -2.30. The first-order valence-corrected chi connectivity index (χ1v) is 12.6. The van der Waals surface area contributed by atoms with Gasteiger partial charge in [0.15, 0.2) is 5.82 Å². The smallest absolute Gasteiger partial charge is 0.260 e. The molecule has 0 atom stereocenters. The minimum absolute atomic E-state index is 0.107. The zero-order valence-electron chi connectivity index (χ0n) is 18.7. The average Bonchev–Trinajstić information content (AvgIpc) is 3.24. The van der Waals surface area contributed by atoms with Gasteiger partial charge in [0.2, 0.25) is 15.9 Å². The van der Waals surface area contributed by atoms with Crippen molar-refractivity contribution in [3.8, 4) is 11.5 Å². The van der Waals surface area contributed by atoms with Crippen LogP contribution in [0.5, 0.6) is 0 Å². The van der Waals surface area contributed by atoms with E-state index in [1.54, 1.807) is 0 Å². The Bertz CT molecular complexity index is 1010. The first-order valence-electron chi connectivity index (χ1n) is 10.9. The maximum Gasteiger partial charge on any atom is 0.260 e. The van der Waals surface area contributed by atoms with Gasteiger partial charge in [0.1, 0.15) is 0 Å². The Hall–Kier alpha value is -2.26. The van der Waals surface area contributed by atoms with E-state index in [0.29, 0.717) is 55.3 Å². The summed E-state index contributed by atoms with van der Waals surface area (Å²) in [7, 11) is -3.23. The van der Waals surface area contributed by atoms with E-state index in [-0.39, 0.29) is 23.5 Å². The van der Waals surface area contributed by atoms with Crippen molar-refractivity contribution >= 4 is 21.6 Å². The number of para-hydroxylation sites is 1. The first-order chi connectivity index (χ1) is 14.7. The van der Waals surface area contributed by atoms with E-state index in [2.05, 4.69) is 15.5 Å². The largest absolute Gasteiger partial charge is 0.334 e. The Labute approximate surface area is 184 Å². The molecule has 1 aliphatic heterocycles. The fourth-order valence-electron chi connectivity index (χ4n) is 3.67. The molecule has 1 amide bonds. The number of benzene rings is 1. The molecule has 1 fully saturated rings. The normalized spacial score (nSPS) is 16.0. The minimum atomic E-state index is -3.23. The lowest BCUT2D eigenvalue weighted by molar-refractivity contribution is -0.120. The second-order valence-electron chi connectivity index (χ2n) is 8.44. The third-order valence-corrected chi connectivity index (χ3v) is 7.64. The van der Waals surface area contributed by atoms with Crippen molar-refractivity contribution in [2.24, 2.45) is 5.92 Å². The number of rotatable bonds is 8. The quantitative estimate of drug-likeness (QED) is 0.655. The monoisotopic (exact) mass is 448 g/mol. The minimum Gasteiger partial charge on any atom is -0.334 e. The SMILES string of the molecule is CCCCS(=O)(=O)N1CCC(C(=O)Nc2c(C)cccc2-c2nc(C(C)C)no2)CC1. The van der Waals surface area contributed by atoms with Crippen LogP contribution in [0.3, 0.4) is 0 Å². The number of hydrogen-bond donors (Lipinski definition) is 1. The predicted molar refractivity (Wildman–Crippen MR) is 120 cm³/mol. The van der Waals surface area contributed by atoms with Gasteiger partial charge >= 0.3 is 0 Å². The fraction of sp³-hybridized carbons (Fsp3) is 0.591. The highest BCUT2D eigenvalue weighted by molar-refractivity contribution is 7.89. The van der Waals surface area contributed by atoms with Crippen LogP contribution in [0.4, 0.5) is 5.69 Å². The zero-order chi connectivity index (χ0) is 22.6. The van der Waals surface area contributed by atoms with E-state index in [4.69, 9.17) is 4.52 Å². The highest BCUT2D eigenvalue weighted by Crippen LogP contribution is 2.32. The molecule has 0 radical (unpaired) electrons. The van der Waals surface area contributed by atoms with E-state index in [0.717, 1.165) is 12.0 Å². The molecule has 31 heavy (non-hydrogen) atoms. The molecular formula is C22H32N4O4S. The van der Waals surface area contributed by atoms with Gasteiger partial charge in [-0.25, -0.2) is 12.7 Å². The lowest BCUT2D eigenvalue weighted by atomic mass is 9.96. The molecule has 0 spiro atoms. The van der Waals surface area contributed by atoms with Gasteiger partial charge in [-0.3, -0.25) is 4.79 Å². The second kappa shape index (κ2) is 9.91. The third kappa shape index (κ3) is 5.51. The van der Waals surface area contributed by atoms with Gasteiger partial charge in [-0.05, 0) is 37.8 Å². The van der Waals surface area contributed by atoms with Gasteiger partial charge in [-0.1, -0.05) is 44.5 Å². The molecule has 0 aliphatic carbocycles. The maximum atomic E-state index is 13.0. The van der Waals surface area contributed by atoms with Crippen LogP contribution in [0.15, 0.2) is 22.7 Å². The van der Waals surface area contributed by atoms with Crippen molar-refractivity contribution in [1.29, 1.82) is 0 Å². The van der Waals surface area contributed by atoms with Crippen LogP contribution >= 0.6 is 0 Å². The molecule has 0 saturated carbocycles. The Balaban J connectivity index is 1.70. The summed E-state index contributed by atoms with van der Waals surface area (Å²) in [5.41, 5.74) is 2.24. The van der Waals surface area contributed by atoms with Crippen LogP contribution in [-0.4, -0.2) is 47.6 Å². The summed E-state index contributed by atoms with van der Waals surface area (Å²) in [5, 5.41) is 7.06. The molecule has 9 heteroatoms. The lowest BCUT2D eigenvalue weighted by Crippen LogP contribution is -2.42. The van der Waals surface area contributed by atoms with E-state index in [9.17, 15) is 13.2 Å². The predicted octanol–water partition coefficient (Wildman–Crippen LogP) is 3.95. The number of carbonyl (C=O) groups excluding carboxylic acids is 1. The first kappa shape index (κ1) is 23.4. The number of anilines is 1. The van der Waals surface area contributed by atoms with Crippen molar-refractivity contribution in [3.63, 3.8) is 0 Å². The zero-order valence-corrected chi connectivity index (χ0v) is 19.5. The summed E-state index contributed by atoms with van der Waals surface area (Å²) in [4.78, 5) is 17.5. The fourth-order valence-corrected chi connectivity index (χ4v) is 5.35. The molecule has 170 valence electrons. The van der Waals surface area contributed by atoms with E-state index >= 15 is 0 Å². The van der Waals surface area contributed by atoms with Gasteiger partial charge in [0.25, 0.3) is 5.89 Å². The number of hydrogen-bond acceptors (Lipinski definition) is 6. The van der Waals surface area contributed by atoms with Crippen LogP contribution < -0.4 is 5.32 Å². The van der Waals surface area contributed by atoms with Crippen molar-refractivity contribution in [3.05, 3.63) is 29.6 Å². The topological polar surface area (TPSA) is 105 Å². The van der Waals surface area contributed by atoms with Crippen LogP contribution in [0.25, 0.3) is 11.5 Å². The van der Waals surface area contributed by atoms with Gasteiger partial charge in [0, 0.05) is 24.9 Å². The molecule has 3 rings (SSSR count). The molecule has 1 aromatic carbocycles. The highest BCUT2D eigenvalue weighted by Gasteiger charge is 2.31. The Morgan fingerprint density at radius 1 is 1.29 bits per heavy atom. The van der Waals surface area contributed by atoms with Crippen molar-refractivity contribution in [2.75, 3.05) is 24.2 Å². The number of piperidine rings is 1. The summed E-state index contributed by atoms with van der Waals surface area (Å²) in [6.07, 6.45) is 2.52. The molecule has 1 aromatic heterocycles. The number of sulfonamides is 1. The van der Waals surface area contributed by atoms with Crippen molar-refractivity contribution < 1.29 is 17.7 Å². The summed E-state index contributed by atoms with van der Waals surface area (Å²) >= 11 is 0. The van der Waals surface area contributed by atoms with Crippen LogP contribution in [0.2, 0.25) is 0 Å². The summed E-state index contributed by atoms with van der Waals surface area (Å²) < 4.78 is 31.8. The number of unbranched alkanes of at least 4 members (excludes halogenated alkanes) is 1. The van der Waals surface area contributed by atoms with Gasteiger partial charge < -0.3 is 9.84 Å². The van der Waals surface area contributed by atoms with E-state index in [1.165, 1.54) is 4.31 Å². The number of amides is 1. The number of carbonyl (C=O) groups is 1. The van der Waals surface area contributed by atoms with Crippen molar-refractivity contribution in [2.45, 2.75) is 59.3 Å². The number of nitrogens with one attached hydrogen (secondary N) is 1. The Morgan fingerprint density at radius 3 is 2.61 bits per heavy atom. The molecule has 1 N–H and O–H groups in total. The van der Waals surface area contributed by atoms with E-state index in [1.807, 2.05) is 45.9 Å². The molecule has 1 aliphatic rings. The van der Waals surface area contributed by atoms with Gasteiger partial charge in [-0.15, -0.1) is 0 Å². The second-order valence-corrected chi connectivity index (χ2v) is 10.5. The van der Waals surface area contributed by atoms with E-state index < -0.39 is 10.0 Å². The Morgan fingerprint density at radius 2 is 2.00 bits per heavy atom. The van der Waals surface area contributed by atoms with Crippen LogP contribution in [0.1, 0.15) is 63.8 Å². The Kier molecular flexibility index (Phi) is 7.48. The van der Waals surface area contributed by atoms with Gasteiger partial charge in [-0.2, -0.15) is 4.98 Å². The molecular weight excluding hydrogens is 416 g/mol. The highest BCUT2D eigenvalue weighted by atomic mass is 32.2. The van der Waals surface area contributed by atoms with Crippen LogP contribution in [0, 0.1) is 12.8 Å². The number of aromatic nitrogens is 2. The average molecular weight is 449 g/mol. The molecule has 8 nitrogen and oxygen atoms in total. The van der Waals surface area contributed by atoms with Crippen LogP contribution in [-0.2, 0) is 14.8 Å². The molecule has 2 heterocycles. The van der Waals surface area contributed by atoms with Crippen molar-refractivity contribution in [1.82, 2.24) is 14.4 Å². The molecule has 0 unspecified atom stereocenters. The molecule has 2 aromatic rings. The number of aryl methyl sites for hydroxylation is 1. The van der Waals surface area contributed by atoms with Gasteiger partial charge in [0.05, 0.1) is 17.0 Å². The summed E-state index contributed by atoms with van der Waals surface area (Å²) in [6.45, 7) is 8.63. The standard InChI is InChI=1S/C22H32N4O4S/c1-5-6-14-31(28,29)26-12-10-17(11-13-26)21(27)23-19-16(4)8-7-9-18(19)22-24-20(15(2)3)25-30-22/h7-9,15,17H,5-6,10-14H2,1-4H3,(H,23,27). The number of nitrogens with zero attached hydrogens (tertiary/aromatic N) is 3.